The number of pyridine rings is 1. The van der Waals surface area contributed by atoms with E-state index in [1.165, 1.54) is 23.9 Å². The largest absolute Gasteiger partial charge is 0.338 e. The van der Waals surface area contributed by atoms with Gasteiger partial charge in [-0.2, -0.15) is 0 Å². The first-order valence-corrected chi connectivity index (χ1v) is 10.4. The summed E-state index contributed by atoms with van der Waals surface area (Å²) in [7, 11) is 0. The molecule has 0 fully saturated rings. The zero-order chi connectivity index (χ0) is 20.4. The highest BCUT2D eigenvalue weighted by molar-refractivity contribution is 7.99. The minimum absolute atomic E-state index is 0.0186. The average Bonchev–Trinajstić information content (AvgIpc) is 3.13. The van der Waals surface area contributed by atoms with Crippen LogP contribution in [0.4, 0.5) is 4.39 Å². The molecule has 1 amide bonds. The highest BCUT2D eigenvalue weighted by atomic mass is 32.2. The van der Waals surface area contributed by atoms with Gasteiger partial charge in [-0.1, -0.05) is 42.1 Å². The Kier molecular flexibility index (Phi) is 5.49. The third-order valence-electron chi connectivity index (χ3n) is 4.90. The maximum absolute atomic E-state index is 13.4. The van der Waals surface area contributed by atoms with Gasteiger partial charge in [-0.25, -0.2) is 4.39 Å². The first kappa shape index (κ1) is 19.4. The van der Waals surface area contributed by atoms with Gasteiger partial charge in [0.15, 0.2) is 10.8 Å². The van der Waals surface area contributed by atoms with Gasteiger partial charge >= 0.3 is 0 Å². The molecule has 0 radical (unpaired) electrons. The number of thioether (sulfide) groups is 1. The molecule has 0 bridgehead atoms. The van der Waals surface area contributed by atoms with Crippen LogP contribution in [0.2, 0.25) is 0 Å². The van der Waals surface area contributed by atoms with Crippen LogP contribution in [0, 0.1) is 12.7 Å². The molecule has 7 heteroatoms. The van der Waals surface area contributed by atoms with E-state index >= 15 is 0 Å². The Morgan fingerprint density at radius 2 is 1.97 bits per heavy atom. The zero-order valence-electron chi connectivity index (χ0n) is 16.3. The Labute approximate surface area is 172 Å². The van der Waals surface area contributed by atoms with Crippen molar-refractivity contribution < 1.29 is 9.18 Å². The number of halogens is 1. The highest BCUT2D eigenvalue weighted by Crippen LogP contribution is 2.26. The van der Waals surface area contributed by atoms with Gasteiger partial charge in [0.1, 0.15) is 5.82 Å². The molecule has 0 spiro atoms. The number of nitrogens with zero attached hydrogens (tertiary/aromatic N) is 4. The molecule has 2 heterocycles. The maximum atomic E-state index is 13.4. The fourth-order valence-corrected chi connectivity index (χ4v) is 4.27. The van der Waals surface area contributed by atoms with Gasteiger partial charge in [0.05, 0.1) is 11.3 Å². The number of fused-ring (bicyclic) bond motifs is 3. The number of carbonyl (C=O) groups excluding carboxylic acids is 1. The summed E-state index contributed by atoms with van der Waals surface area (Å²) in [6.07, 6.45) is 0. The quantitative estimate of drug-likeness (QED) is 0.442. The van der Waals surface area contributed by atoms with Crippen LogP contribution in [-0.4, -0.2) is 37.7 Å². The number of benzene rings is 2. The van der Waals surface area contributed by atoms with Crippen LogP contribution in [0.3, 0.4) is 0 Å². The van der Waals surface area contributed by atoms with Crippen molar-refractivity contribution in [1.29, 1.82) is 0 Å². The van der Waals surface area contributed by atoms with E-state index in [9.17, 15) is 9.18 Å². The van der Waals surface area contributed by atoms with Gasteiger partial charge in [-0.05, 0) is 49.2 Å². The standard InChI is InChI=1S/C22H21FN4OS/c1-3-26(13-16-7-6-8-17(23)12-16)21(28)14-29-22-25-24-20-11-15(2)18-9-4-5-10-19(18)27(20)22/h4-12H,3,13-14H2,1-2H3. The molecule has 0 aliphatic rings. The second kappa shape index (κ2) is 8.21. The predicted octanol–water partition coefficient (Wildman–Crippen LogP) is 4.47. The molecule has 0 aliphatic heterocycles. The average molecular weight is 409 g/mol. The summed E-state index contributed by atoms with van der Waals surface area (Å²) in [6.45, 7) is 4.92. The summed E-state index contributed by atoms with van der Waals surface area (Å²) in [4.78, 5) is 14.5. The summed E-state index contributed by atoms with van der Waals surface area (Å²) in [5.74, 6) is -0.0704. The molecule has 5 nitrogen and oxygen atoms in total. The number of aromatic nitrogens is 3. The number of amides is 1. The molecular weight excluding hydrogens is 387 g/mol. The van der Waals surface area contributed by atoms with E-state index in [1.54, 1.807) is 11.0 Å². The molecule has 0 saturated heterocycles. The van der Waals surface area contributed by atoms with Crippen molar-refractivity contribution in [2.24, 2.45) is 0 Å². The van der Waals surface area contributed by atoms with Crippen molar-refractivity contribution >= 4 is 34.2 Å². The van der Waals surface area contributed by atoms with E-state index in [2.05, 4.69) is 23.2 Å². The minimum atomic E-state index is -0.294. The third-order valence-corrected chi connectivity index (χ3v) is 5.81. The van der Waals surface area contributed by atoms with Crippen molar-refractivity contribution in [2.45, 2.75) is 25.5 Å². The van der Waals surface area contributed by atoms with Crippen molar-refractivity contribution in [2.75, 3.05) is 12.3 Å². The summed E-state index contributed by atoms with van der Waals surface area (Å²) < 4.78 is 15.4. The van der Waals surface area contributed by atoms with Crippen molar-refractivity contribution in [3.63, 3.8) is 0 Å². The molecular formula is C22H21FN4OS. The maximum Gasteiger partial charge on any atom is 0.233 e. The zero-order valence-corrected chi connectivity index (χ0v) is 17.1. The summed E-state index contributed by atoms with van der Waals surface area (Å²) >= 11 is 1.37. The van der Waals surface area contributed by atoms with Crippen LogP contribution in [0.15, 0.2) is 59.8 Å². The fourth-order valence-electron chi connectivity index (χ4n) is 3.42. The van der Waals surface area contributed by atoms with Crippen LogP contribution in [0.5, 0.6) is 0 Å². The molecule has 0 atom stereocenters. The molecule has 29 heavy (non-hydrogen) atoms. The Bertz CT molecular complexity index is 1190. The molecule has 0 saturated carbocycles. The highest BCUT2D eigenvalue weighted by Gasteiger charge is 2.16. The van der Waals surface area contributed by atoms with Crippen LogP contribution >= 0.6 is 11.8 Å². The van der Waals surface area contributed by atoms with Gasteiger partial charge in [0, 0.05) is 18.5 Å². The topological polar surface area (TPSA) is 50.5 Å². The molecule has 4 rings (SSSR count). The molecule has 2 aromatic carbocycles. The first-order chi connectivity index (χ1) is 14.1. The minimum Gasteiger partial charge on any atom is -0.338 e. The lowest BCUT2D eigenvalue weighted by atomic mass is 10.1. The molecule has 0 aliphatic carbocycles. The number of hydrogen-bond acceptors (Lipinski definition) is 4. The van der Waals surface area contributed by atoms with E-state index < -0.39 is 0 Å². The van der Waals surface area contributed by atoms with Gasteiger partial charge in [-0.15, -0.1) is 10.2 Å². The van der Waals surface area contributed by atoms with Crippen molar-refractivity contribution in [1.82, 2.24) is 19.5 Å². The van der Waals surface area contributed by atoms with Crippen LogP contribution in [-0.2, 0) is 11.3 Å². The first-order valence-electron chi connectivity index (χ1n) is 9.45. The SMILES string of the molecule is CCN(Cc1cccc(F)c1)C(=O)CSc1nnc2cc(C)c3ccccc3n12. The van der Waals surface area contributed by atoms with Crippen molar-refractivity contribution in [3.05, 3.63) is 71.5 Å². The van der Waals surface area contributed by atoms with Gasteiger partial charge in [0.2, 0.25) is 5.91 Å². The van der Waals surface area contributed by atoms with Gasteiger partial charge < -0.3 is 4.90 Å². The fraction of sp³-hybridized carbons (Fsp3) is 0.227. The smallest absolute Gasteiger partial charge is 0.233 e. The van der Waals surface area contributed by atoms with E-state index in [0.29, 0.717) is 18.2 Å². The second-order valence-corrected chi connectivity index (χ2v) is 7.79. The normalized spacial score (nSPS) is 11.3. The lowest BCUT2D eigenvalue weighted by molar-refractivity contribution is -0.128. The number of rotatable bonds is 6. The van der Waals surface area contributed by atoms with Gasteiger partial charge in [-0.3, -0.25) is 9.20 Å². The Morgan fingerprint density at radius 3 is 2.76 bits per heavy atom. The number of hydrogen-bond donors (Lipinski definition) is 0. The molecule has 2 aromatic heterocycles. The van der Waals surface area contributed by atoms with E-state index in [1.807, 2.05) is 41.7 Å². The Morgan fingerprint density at radius 1 is 1.14 bits per heavy atom. The predicted molar refractivity (Wildman–Crippen MR) is 113 cm³/mol. The Hall–Kier alpha value is -2.93. The second-order valence-electron chi connectivity index (χ2n) is 6.85. The lowest BCUT2D eigenvalue weighted by Gasteiger charge is -2.20. The monoisotopic (exact) mass is 408 g/mol. The summed E-state index contributed by atoms with van der Waals surface area (Å²) in [6, 6.07) is 16.5. The third kappa shape index (κ3) is 3.96. The summed E-state index contributed by atoms with van der Waals surface area (Å²) in [5, 5.41) is 10.4. The van der Waals surface area contributed by atoms with Crippen LogP contribution in [0.1, 0.15) is 18.1 Å². The van der Waals surface area contributed by atoms with Gasteiger partial charge in [0.25, 0.3) is 0 Å². The Balaban J connectivity index is 1.54. The van der Waals surface area contributed by atoms with Crippen LogP contribution < -0.4 is 0 Å². The van der Waals surface area contributed by atoms with Crippen molar-refractivity contribution in [3.8, 4) is 0 Å². The molecule has 0 N–H and O–H groups in total. The molecule has 0 unspecified atom stereocenters. The summed E-state index contributed by atoms with van der Waals surface area (Å²) in [5.41, 5.74) is 3.71. The lowest BCUT2D eigenvalue weighted by Crippen LogP contribution is -2.31. The van der Waals surface area contributed by atoms with E-state index in [0.717, 1.165) is 27.7 Å². The van der Waals surface area contributed by atoms with Crippen LogP contribution in [0.25, 0.3) is 16.6 Å². The number of para-hydroxylation sites is 1. The molecule has 4 aromatic rings. The molecule has 148 valence electrons. The number of aryl methyl sites for hydroxylation is 1. The number of carbonyl (C=O) groups is 1. The van der Waals surface area contributed by atoms with E-state index in [-0.39, 0.29) is 17.5 Å². The van der Waals surface area contributed by atoms with E-state index in [4.69, 9.17) is 0 Å².